The number of amides is 1. The summed E-state index contributed by atoms with van der Waals surface area (Å²) in [6, 6.07) is -0.668. The lowest BCUT2D eigenvalue weighted by Crippen LogP contribution is -2.39. The molecule has 0 heterocycles. The van der Waals surface area contributed by atoms with E-state index in [4.69, 9.17) is 4.74 Å². The summed E-state index contributed by atoms with van der Waals surface area (Å²) in [5.74, 6) is -0.452. The highest BCUT2D eigenvalue weighted by Gasteiger charge is 2.16. The van der Waals surface area contributed by atoms with Gasteiger partial charge in [-0.1, -0.05) is 6.92 Å². The van der Waals surface area contributed by atoms with Crippen molar-refractivity contribution in [1.82, 2.24) is 5.32 Å². The quantitative estimate of drug-likeness (QED) is 0.660. The number of nitrogens with one attached hydrogen (secondary N) is 1. The van der Waals surface area contributed by atoms with Gasteiger partial charge in [-0.25, -0.2) is 9.59 Å². The number of rotatable bonds is 4. The topological polar surface area (TPSA) is 64.6 Å². The van der Waals surface area contributed by atoms with Crippen LogP contribution in [-0.4, -0.2) is 31.8 Å². The van der Waals surface area contributed by atoms with Crippen LogP contribution < -0.4 is 5.32 Å². The molecule has 0 bridgehead atoms. The summed E-state index contributed by atoms with van der Waals surface area (Å²) in [4.78, 5) is 21.7. The highest BCUT2D eigenvalue weighted by molar-refractivity contribution is 5.80. The van der Waals surface area contributed by atoms with Crippen LogP contribution in [0.1, 0.15) is 20.3 Å². The molecule has 0 aliphatic heterocycles. The van der Waals surface area contributed by atoms with Crippen molar-refractivity contribution in [1.29, 1.82) is 0 Å². The SMILES string of the molecule is CCCOC(=O)[C@H](C)NC(=O)OC. The first-order valence-electron chi connectivity index (χ1n) is 4.13. The first-order valence-corrected chi connectivity index (χ1v) is 4.13. The number of hydrogen-bond donors (Lipinski definition) is 1. The molecule has 0 saturated carbocycles. The monoisotopic (exact) mass is 189 g/mol. The molecule has 0 rings (SSSR count). The maximum atomic E-state index is 11.1. The van der Waals surface area contributed by atoms with Crippen LogP contribution in [-0.2, 0) is 14.3 Å². The number of esters is 1. The van der Waals surface area contributed by atoms with Crippen LogP contribution in [0.2, 0.25) is 0 Å². The van der Waals surface area contributed by atoms with Gasteiger partial charge in [-0.05, 0) is 13.3 Å². The summed E-state index contributed by atoms with van der Waals surface area (Å²) >= 11 is 0. The van der Waals surface area contributed by atoms with E-state index >= 15 is 0 Å². The molecule has 1 N–H and O–H groups in total. The van der Waals surface area contributed by atoms with Crippen molar-refractivity contribution < 1.29 is 19.1 Å². The number of hydrogen-bond acceptors (Lipinski definition) is 4. The van der Waals surface area contributed by atoms with Crippen LogP contribution in [0.25, 0.3) is 0 Å². The van der Waals surface area contributed by atoms with Crippen molar-refractivity contribution >= 4 is 12.1 Å². The minimum atomic E-state index is -0.668. The van der Waals surface area contributed by atoms with Gasteiger partial charge in [0.05, 0.1) is 13.7 Å². The van der Waals surface area contributed by atoms with Crippen molar-refractivity contribution in [3.05, 3.63) is 0 Å². The summed E-state index contributed by atoms with van der Waals surface area (Å²) < 4.78 is 9.11. The van der Waals surface area contributed by atoms with Gasteiger partial charge >= 0.3 is 12.1 Å². The Balaban J connectivity index is 3.75. The van der Waals surface area contributed by atoms with Crippen LogP contribution >= 0.6 is 0 Å². The summed E-state index contributed by atoms with van der Waals surface area (Å²) in [7, 11) is 1.24. The minimum absolute atomic E-state index is 0.367. The Morgan fingerprint density at radius 1 is 1.46 bits per heavy atom. The van der Waals surface area contributed by atoms with Gasteiger partial charge < -0.3 is 14.8 Å². The number of ether oxygens (including phenoxy) is 2. The molecule has 0 aromatic carbocycles. The van der Waals surface area contributed by atoms with Gasteiger partial charge in [0.1, 0.15) is 6.04 Å². The zero-order valence-corrected chi connectivity index (χ0v) is 8.12. The van der Waals surface area contributed by atoms with Crippen LogP contribution in [0.5, 0.6) is 0 Å². The molecule has 0 radical (unpaired) electrons. The second-order valence-corrected chi connectivity index (χ2v) is 2.53. The summed E-state index contributed by atoms with van der Waals surface area (Å²) in [5.41, 5.74) is 0. The first-order chi connectivity index (χ1) is 6.11. The molecule has 0 aromatic heterocycles. The predicted octanol–water partition coefficient (Wildman–Crippen LogP) is 0.684. The molecule has 1 amide bonds. The number of carbonyl (C=O) groups excluding carboxylic acids is 2. The molecule has 5 heteroatoms. The maximum absolute atomic E-state index is 11.1. The summed E-state index contributed by atoms with van der Waals surface area (Å²) in [6.45, 7) is 3.80. The third-order valence-corrected chi connectivity index (χ3v) is 1.32. The molecule has 0 aliphatic rings. The lowest BCUT2D eigenvalue weighted by atomic mass is 10.3. The van der Waals surface area contributed by atoms with Crippen molar-refractivity contribution in [2.45, 2.75) is 26.3 Å². The molecule has 0 unspecified atom stereocenters. The Morgan fingerprint density at radius 3 is 2.54 bits per heavy atom. The van der Waals surface area contributed by atoms with E-state index in [1.165, 1.54) is 14.0 Å². The summed E-state index contributed by atoms with van der Waals surface area (Å²) in [6.07, 6.45) is 0.123. The second-order valence-electron chi connectivity index (χ2n) is 2.53. The van der Waals surface area contributed by atoms with Gasteiger partial charge in [-0.2, -0.15) is 0 Å². The average Bonchev–Trinajstić information content (AvgIpc) is 2.13. The largest absolute Gasteiger partial charge is 0.464 e. The normalized spacial score (nSPS) is 11.6. The standard InChI is InChI=1S/C8H15NO4/c1-4-5-13-7(10)6(2)9-8(11)12-3/h6H,4-5H2,1-3H3,(H,9,11)/t6-/m0/s1. The van der Waals surface area contributed by atoms with Gasteiger partial charge in [0.2, 0.25) is 0 Å². The Morgan fingerprint density at radius 2 is 2.08 bits per heavy atom. The van der Waals surface area contributed by atoms with Crippen molar-refractivity contribution in [3.8, 4) is 0 Å². The molecular weight excluding hydrogens is 174 g/mol. The molecule has 76 valence electrons. The van der Waals surface area contributed by atoms with Crippen molar-refractivity contribution in [3.63, 3.8) is 0 Å². The van der Waals surface area contributed by atoms with E-state index in [0.717, 1.165) is 6.42 Å². The van der Waals surface area contributed by atoms with E-state index in [1.807, 2.05) is 6.92 Å². The van der Waals surface area contributed by atoms with Gasteiger partial charge in [0.25, 0.3) is 0 Å². The number of carbonyl (C=O) groups is 2. The molecule has 0 aliphatic carbocycles. The van der Waals surface area contributed by atoms with E-state index in [-0.39, 0.29) is 0 Å². The molecule has 0 fully saturated rings. The van der Waals surface area contributed by atoms with Gasteiger partial charge in [-0.3, -0.25) is 0 Å². The number of methoxy groups -OCH3 is 1. The Labute approximate surface area is 77.4 Å². The molecule has 1 atom stereocenters. The van der Waals surface area contributed by atoms with Crippen molar-refractivity contribution in [2.75, 3.05) is 13.7 Å². The Bertz CT molecular complexity index is 181. The minimum Gasteiger partial charge on any atom is -0.464 e. The Kier molecular flexibility index (Phi) is 5.67. The molecule has 5 nitrogen and oxygen atoms in total. The third kappa shape index (κ3) is 5.05. The predicted molar refractivity (Wildman–Crippen MR) is 46.3 cm³/mol. The van der Waals surface area contributed by atoms with Crippen LogP contribution in [0.4, 0.5) is 4.79 Å². The van der Waals surface area contributed by atoms with E-state index in [2.05, 4.69) is 10.1 Å². The van der Waals surface area contributed by atoms with Gasteiger partial charge in [0.15, 0.2) is 0 Å². The van der Waals surface area contributed by atoms with Crippen LogP contribution in [0.15, 0.2) is 0 Å². The fourth-order valence-corrected chi connectivity index (χ4v) is 0.622. The maximum Gasteiger partial charge on any atom is 0.407 e. The molecular formula is C8H15NO4. The highest BCUT2D eigenvalue weighted by Crippen LogP contribution is 1.90. The molecule has 0 saturated heterocycles. The van der Waals surface area contributed by atoms with Crippen LogP contribution in [0, 0.1) is 0 Å². The number of alkyl carbamates (subject to hydrolysis) is 1. The lowest BCUT2D eigenvalue weighted by molar-refractivity contribution is -0.145. The zero-order chi connectivity index (χ0) is 10.3. The second kappa shape index (κ2) is 6.28. The smallest absolute Gasteiger partial charge is 0.407 e. The Hall–Kier alpha value is -1.26. The van der Waals surface area contributed by atoms with Gasteiger partial charge in [0, 0.05) is 0 Å². The molecule has 0 spiro atoms. The average molecular weight is 189 g/mol. The first kappa shape index (κ1) is 11.7. The lowest BCUT2D eigenvalue weighted by Gasteiger charge is -2.11. The fraction of sp³-hybridized carbons (Fsp3) is 0.750. The van der Waals surface area contributed by atoms with Crippen molar-refractivity contribution in [2.24, 2.45) is 0 Å². The van der Waals surface area contributed by atoms with E-state index in [0.29, 0.717) is 6.61 Å². The third-order valence-electron chi connectivity index (χ3n) is 1.32. The highest BCUT2D eigenvalue weighted by atomic mass is 16.5. The van der Waals surface area contributed by atoms with Crippen LogP contribution in [0.3, 0.4) is 0 Å². The van der Waals surface area contributed by atoms with E-state index < -0.39 is 18.1 Å². The summed E-state index contributed by atoms with van der Waals surface area (Å²) in [5, 5.41) is 2.30. The molecule has 13 heavy (non-hydrogen) atoms. The fourth-order valence-electron chi connectivity index (χ4n) is 0.622. The van der Waals surface area contributed by atoms with E-state index in [1.54, 1.807) is 0 Å². The van der Waals surface area contributed by atoms with Gasteiger partial charge in [-0.15, -0.1) is 0 Å². The zero-order valence-electron chi connectivity index (χ0n) is 8.12. The molecule has 0 aromatic rings. The van der Waals surface area contributed by atoms with E-state index in [9.17, 15) is 9.59 Å².